The molecule has 2 aromatic rings. The Hall–Kier alpha value is -1.93. The van der Waals surface area contributed by atoms with Crippen LogP contribution in [0.4, 0.5) is 0 Å². The lowest BCUT2D eigenvalue weighted by Gasteiger charge is -2.31. The number of rotatable bonds is 4. The van der Waals surface area contributed by atoms with Gasteiger partial charge in [0.1, 0.15) is 17.9 Å². The highest BCUT2D eigenvalue weighted by molar-refractivity contribution is 9.10. The van der Waals surface area contributed by atoms with Crippen LogP contribution in [0.15, 0.2) is 46.4 Å². The lowest BCUT2D eigenvalue weighted by atomic mass is 10.1. The van der Waals surface area contributed by atoms with Crippen LogP contribution in [0.3, 0.4) is 0 Å². The molecule has 0 radical (unpaired) electrons. The van der Waals surface area contributed by atoms with Crippen molar-refractivity contribution in [1.82, 2.24) is 9.80 Å². The minimum Gasteiger partial charge on any atom is -0.488 e. The maximum absolute atomic E-state index is 12.4. The van der Waals surface area contributed by atoms with E-state index in [4.69, 9.17) is 40.2 Å². The van der Waals surface area contributed by atoms with Gasteiger partial charge in [-0.2, -0.15) is 0 Å². The van der Waals surface area contributed by atoms with Crippen LogP contribution in [0.5, 0.6) is 5.75 Å². The first-order chi connectivity index (χ1) is 13.7. The average molecular weight is 514 g/mol. The summed E-state index contributed by atoms with van der Waals surface area (Å²) in [4.78, 5) is 27.4. The molecular formula is C20H15BrCl2N2O3S. The molecule has 1 fully saturated rings. The summed E-state index contributed by atoms with van der Waals surface area (Å²) in [6, 6.07) is 10.6. The van der Waals surface area contributed by atoms with Crippen molar-refractivity contribution < 1.29 is 14.3 Å². The summed E-state index contributed by atoms with van der Waals surface area (Å²) >= 11 is 20.5. The number of hydrogen-bond acceptors (Lipinski definition) is 4. The summed E-state index contributed by atoms with van der Waals surface area (Å²) < 4.78 is 6.50. The van der Waals surface area contributed by atoms with E-state index in [1.54, 1.807) is 30.3 Å². The van der Waals surface area contributed by atoms with Gasteiger partial charge in [0.2, 0.25) is 0 Å². The molecule has 2 amide bonds. The van der Waals surface area contributed by atoms with E-state index in [1.165, 1.54) is 30.0 Å². The summed E-state index contributed by atoms with van der Waals surface area (Å²) in [7, 11) is 3.08. The molecule has 1 heterocycles. The van der Waals surface area contributed by atoms with Crippen LogP contribution >= 0.6 is 51.3 Å². The zero-order valence-corrected chi connectivity index (χ0v) is 19.3. The number of likely N-dealkylation sites (N-methyl/N-ethyl adjacent to an activating group) is 2. The second kappa shape index (κ2) is 8.83. The fraction of sp³-hybridized carbons (Fsp3) is 0.150. The Labute approximate surface area is 192 Å². The molecule has 0 atom stereocenters. The zero-order chi connectivity index (χ0) is 21.3. The predicted molar refractivity (Wildman–Crippen MR) is 121 cm³/mol. The molecule has 0 unspecified atom stereocenters. The van der Waals surface area contributed by atoms with Crippen molar-refractivity contribution >= 4 is 74.4 Å². The van der Waals surface area contributed by atoms with Gasteiger partial charge in [0.05, 0.1) is 14.5 Å². The standard InChI is InChI=1S/C20H15BrCl2N2O3S/c1-24-18(26)13(19(27)25(2)20(24)29)7-11-4-6-17(14(21)8-11)28-10-12-3-5-15(22)16(23)9-12/h3-9H,10H2,1-2H3. The highest BCUT2D eigenvalue weighted by Crippen LogP contribution is 2.29. The number of benzene rings is 2. The summed E-state index contributed by atoms with van der Waals surface area (Å²) in [6.45, 7) is 0.305. The topological polar surface area (TPSA) is 49.9 Å². The average Bonchev–Trinajstić information content (AvgIpc) is 2.70. The Balaban J connectivity index is 1.79. The van der Waals surface area contributed by atoms with Crippen molar-refractivity contribution in [1.29, 1.82) is 0 Å². The van der Waals surface area contributed by atoms with Gasteiger partial charge >= 0.3 is 0 Å². The second-order valence-corrected chi connectivity index (χ2v) is 8.33. The molecule has 2 aromatic carbocycles. The fourth-order valence-corrected chi connectivity index (χ4v) is 3.65. The molecule has 0 spiro atoms. The summed E-state index contributed by atoms with van der Waals surface area (Å²) in [6.07, 6.45) is 1.53. The quantitative estimate of drug-likeness (QED) is 0.330. The molecule has 29 heavy (non-hydrogen) atoms. The van der Waals surface area contributed by atoms with Crippen molar-refractivity contribution in [3.8, 4) is 5.75 Å². The number of amides is 2. The third-order valence-corrected chi connectivity index (χ3v) is 6.20. The van der Waals surface area contributed by atoms with E-state index in [1.807, 2.05) is 6.07 Å². The smallest absolute Gasteiger partial charge is 0.265 e. The molecule has 1 aliphatic rings. The molecule has 0 saturated carbocycles. The van der Waals surface area contributed by atoms with Crippen LogP contribution in [0.1, 0.15) is 11.1 Å². The van der Waals surface area contributed by atoms with Gasteiger partial charge in [-0.3, -0.25) is 19.4 Å². The van der Waals surface area contributed by atoms with E-state index in [-0.39, 0.29) is 10.7 Å². The van der Waals surface area contributed by atoms with Crippen molar-refractivity contribution in [2.45, 2.75) is 6.61 Å². The first kappa shape index (κ1) is 21.8. The van der Waals surface area contributed by atoms with Gasteiger partial charge < -0.3 is 4.74 Å². The minimum atomic E-state index is -0.436. The molecule has 0 aliphatic carbocycles. The van der Waals surface area contributed by atoms with Gasteiger partial charge in [0, 0.05) is 14.1 Å². The number of hydrogen-bond donors (Lipinski definition) is 0. The highest BCUT2D eigenvalue weighted by Gasteiger charge is 2.35. The number of nitrogens with zero attached hydrogens (tertiary/aromatic N) is 2. The van der Waals surface area contributed by atoms with Crippen LogP contribution in [0.2, 0.25) is 10.0 Å². The zero-order valence-electron chi connectivity index (χ0n) is 15.4. The lowest BCUT2D eigenvalue weighted by Crippen LogP contribution is -2.52. The number of halogens is 3. The van der Waals surface area contributed by atoms with Crippen LogP contribution < -0.4 is 4.74 Å². The Bertz CT molecular complexity index is 1030. The van der Waals surface area contributed by atoms with E-state index in [0.29, 0.717) is 32.4 Å². The molecular weight excluding hydrogens is 499 g/mol. The van der Waals surface area contributed by atoms with Gasteiger partial charge in [-0.05, 0) is 69.6 Å². The molecule has 9 heteroatoms. The van der Waals surface area contributed by atoms with Gasteiger partial charge in [0.25, 0.3) is 11.8 Å². The normalized spacial score (nSPS) is 14.5. The monoisotopic (exact) mass is 512 g/mol. The maximum atomic E-state index is 12.4. The van der Waals surface area contributed by atoms with Crippen molar-refractivity contribution in [3.63, 3.8) is 0 Å². The lowest BCUT2D eigenvalue weighted by molar-refractivity contribution is -0.132. The fourth-order valence-electron chi connectivity index (χ4n) is 2.66. The molecule has 3 rings (SSSR count). The van der Waals surface area contributed by atoms with Gasteiger partial charge in [0.15, 0.2) is 5.11 Å². The highest BCUT2D eigenvalue weighted by atomic mass is 79.9. The number of ether oxygens (including phenoxy) is 1. The largest absolute Gasteiger partial charge is 0.488 e. The van der Waals surface area contributed by atoms with E-state index < -0.39 is 11.8 Å². The van der Waals surface area contributed by atoms with Crippen molar-refractivity contribution in [2.75, 3.05) is 14.1 Å². The molecule has 5 nitrogen and oxygen atoms in total. The van der Waals surface area contributed by atoms with Gasteiger partial charge in [-0.15, -0.1) is 0 Å². The van der Waals surface area contributed by atoms with E-state index >= 15 is 0 Å². The first-order valence-electron chi connectivity index (χ1n) is 8.37. The number of thiocarbonyl (C=S) groups is 1. The molecule has 0 bridgehead atoms. The Morgan fingerprint density at radius 3 is 2.28 bits per heavy atom. The van der Waals surface area contributed by atoms with E-state index in [2.05, 4.69) is 15.9 Å². The molecule has 150 valence electrons. The van der Waals surface area contributed by atoms with Crippen molar-refractivity contribution in [3.05, 3.63) is 67.6 Å². The molecule has 1 saturated heterocycles. The third kappa shape index (κ3) is 4.64. The van der Waals surface area contributed by atoms with E-state index in [0.717, 1.165) is 5.56 Å². The van der Waals surface area contributed by atoms with Crippen LogP contribution in [-0.4, -0.2) is 40.8 Å². The summed E-state index contributed by atoms with van der Waals surface area (Å²) in [5, 5.41) is 1.12. The van der Waals surface area contributed by atoms with E-state index in [9.17, 15) is 9.59 Å². The Morgan fingerprint density at radius 1 is 1.03 bits per heavy atom. The minimum absolute atomic E-state index is 0.0416. The molecule has 0 N–H and O–H groups in total. The predicted octanol–water partition coefficient (Wildman–Crippen LogP) is 4.93. The van der Waals surface area contributed by atoms with Crippen LogP contribution in [0.25, 0.3) is 6.08 Å². The summed E-state index contributed by atoms with van der Waals surface area (Å²) in [5.41, 5.74) is 1.59. The number of carbonyl (C=O) groups is 2. The Kier molecular flexibility index (Phi) is 6.63. The third-order valence-electron chi connectivity index (χ3n) is 4.29. The maximum Gasteiger partial charge on any atom is 0.265 e. The summed E-state index contributed by atoms with van der Waals surface area (Å²) in [5.74, 6) is -0.265. The van der Waals surface area contributed by atoms with Gasteiger partial charge in [-0.1, -0.05) is 35.3 Å². The van der Waals surface area contributed by atoms with Crippen molar-refractivity contribution in [2.24, 2.45) is 0 Å². The van der Waals surface area contributed by atoms with Gasteiger partial charge in [-0.25, -0.2) is 0 Å². The molecule has 0 aromatic heterocycles. The van der Waals surface area contributed by atoms with Crippen LogP contribution in [0, 0.1) is 0 Å². The van der Waals surface area contributed by atoms with Crippen LogP contribution in [-0.2, 0) is 16.2 Å². The SMILES string of the molecule is CN1C(=O)C(=Cc2ccc(OCc3ccc(Cl)c(Cl)c3)c(Br)c2)C(=O)N(C)C1=S. The Morgan fingerprint density at radius 2 is 1.69 bits per heavy atom. The number of carbonyl (C=O) groups excluding carboxylic acids is 2. The first-order valence-corrected chi connectivity index (χ1v) is 10.3. The second-order valence-electron chi connectivity index (χ2n) is 6.30. The molecule has 1 aliphatic heterocycles.